The van der Waals surface area contributed by atoms with Crippen molar-refractivity contribution in [3.8, 4) is 6.07 Å². The van der Waals surface area contributed by atoms with Crippen LogP contribution in [0.5, 0.6) is 0 Å². The molecule has 0 N–H and O–H groups in total. The van der Waals surface area contributed by atoms with E-state index in [0.717, 1.165) is 12.8 Å². The molecule has 0 aliphatic carbocycles. The zero-order valence-electron chi connectivity index (χ0n) is 13.6. The zero-order chi connectivity index (χ0) is 17.0. The second-order valence-corrected chi connectivity index (χ2v) is 8.16. The van der Waals surface area contributed by atoms with Crippen molar-refractivity contribution in [3.05, 3.63) is 23.9 Å². The number of ether oxygens (including phenoxy) is 1. The number of pyridine rings is 1. The molecular weight excluding hydrogens is 314 g/mol. The molecule has 1 aliphatic heterocycles. The summed E-state index contributed by atoms with van der Waals surface area (Å²) in [4.78, 5) is 17.9. The van der Waals surface area contributed by atoms with Crippen molar-refractivity contribution in [2.45, 2.75) is 49.5 Å². The predicted octanol–water partition coefficient (Wildman–Crippen LogP) is 2.46. The van der Waals surface area contributed by atoms with Crippen molar-refractivity contribution in [2.75, 3.05) is 13.1 Å². The topological polar surface area (TPSA) is 83.3 Å². The number of hydrogen-bond acceptors (Lipinski definition) is 5. The maximum atomic E-state index is 12.7. The van der Waals surface area contributed by atoms with E-state index in [-0.39, 0.29) is 11.3 Å². The smallest absolute Gasteiger partial charge is 0.410 e. The van der Waals surface area contributed by atoms with Gasteiger partial charge in [0.25, 0.3) is 0 Å². The van der Waals surface area contributed by atoms with Gasteiger partial charge in [0.1, 0.15) is 10.6 Å². The Hall–Kier alpha value is -1.94. The van der Waals surface area contributed by atoms with E-state index in [2.05, 4.69) is 4.98 Å². The molecule has 1 aromatic rings. The number of carbonyl (C=O) groups is 1. The van der Waals surface area contributed by atoms with Crippen LogP contribution < -0.4 is 0 Å². The number of hydrogen-bond donors (Lipinski definition) is 0. The molecule has 1 saturated heterocycles. The molecule has 1 fully saturated rings. The number of likely N-dealkylation sites (tertiary alicyclic amines) is 1. The number of aromatic nitrogens is 1. The lowest BCUT2D eigenvalue weighted by atomic mass is 10.1. The first-order valence-corrected chi connectivity index (χ1v) is 8.76. The zero-order valence-corrected chi connectivity index (χ0v) is 14.4. The van der Waals surface area contributed by atoms with Gasteiger partial charge >= 0.3 is 6.09 Å². The summed E-state index contributed by atoms with van der Waals surface area (Å²) in [6.45, 7) is 6.44. The quantitative estimate of drug-likeness (QED) is 0.829. The third-order valence-electron chi connectivity index (χ3n) is 3.40. The summed E-state index contributed by atoms with van der Waals surface area (Å²) in [6.07, 6.45) is 2.64. The Bertz CT molecular complexity index is 649. The number of nitriles is 1. The first kappa shape index (κ1) is 17.4. The van der Waals surface area contributed by atoms with Crippen LogP contribution in [0.25, 0.3) is 0 Å². The average Bonchev–Trinajstić information content (AvgIpc) is 2.52. The summed E-state index contributed by atoms with van der Waals surface area (Å²) < 4.78 is 18.1. The summed E-state index contributed by atoms with van der Waals surface area (Å²) in [5, 5.41) is 9.12. The third kappa shape index (κ3) is 4.76. The van der Waals surface area contributed by atoms with E-state index in [1.807, 2.05) is 26.8 Å². The maximum Gasteiger partial charge on any atom is 0.410 e. The molecule has 0 radical (unpaired) electrons. The van der Waals surface area contributed by atoms with E-state index in [9.17, 15) is 9.00 Å². The third-order valence-corrected chi connectivity index (χ3v) is 5.03. The van der Waals surface area contributed by atoms with Crippen LogP contribution in [-0.4, -0.2) is 44.1 Å². The highest BCUT2D eigenvalue weighted by Crippen LogP contribution is 2.21. The van der Waals surface area contributed by atoms with Crippen LogP contribution in [0.15, 0.2) is 23.4 Å². The second kappa shape index (κ2) is 7.09. The average molecular weight is 335 g/mol. The summed E-state index contributed by atoms with van der Waals surface area (Å²) in [5.74, 6) is 0. The van der Waals surface area contributed by atoms with Crippen molar-refractivity contribution >= 4 is 16.9 Å². The lowest BCUT2D eigenvalue weighted by Crippen LogP contribution is -2.45. The maximum absolute atomic E-state index is 12.7. The SMILES string of the molecule is CC(C)(C)OC(=O)N1CCC[C@@H]([S@@](=O)c2cc(C#N)ccn2)C1. The van der Waals surface area contributed by atoms with Gasteiger partial charge in [-0.15, -0.1) is 0 Å². The predicted molar refractivity (Wildman–Crippen MR) is 86.2 cm³/mol. The molecule has 1 aliphatic rings. The first-order valence-electron chi connectivity index (χ1n) is 7.55. The number of piperidine rings is 1. The van der Waals surface area contributed by atoms with E-state index in [1.54, 1.807) is 17.0 Å². The lowest BCUT2D eigenvalue weighted by molar-refractivity contribution is 0.0219. The Morgan fingerprint density at radius 2 is 2.26 bits per heavy atom. The molecule has 7 heteroatoms. The normalized spacial score (nSPS) is 19.7. The molecule has 2 heterocycles. The Kier molecular flexibility index (Phi) is 5.37. The number of amides is 1. The molecule has 1 aromatic heterocycles. The summed E-state index contributed by atoms with van der Waals surface area (Å²) >= 11 is 0. The number of rotatable bonds is 2. The van der Waals surface area contributed by atoms with E-state index in [0.29, 0.717) is 23.7 Å². The molecule has 1 amide bonds. The fourth-order valence-corrected chi connectivity index (χ4v) is 3.81. The summed E-state index contributed by atoms with van der Waals surface area (Å²) in [7, 11) is -1.35. The monoisotopic (exact) mass is 335 g/mol. The summed E-state index contributed by atoms with van der Waals surface area (Å²) in [5.41, 5.74) is -0.116. The minimum atomic E-state index is -1.35. The Labute approximate surface area is 138 Å². The van der Waals surface area contributed by atoms with Crippen molar-refractivity contribution in [1.82, 2.24) is 9.88 Å². The van der Waals surface area contributed by atoms with Crippen LogP contribution in [0.3, 0.4) is 0 Å². The molecule has 124 valence electrons. The van der Waals surface area contributed by atoms with Crippen LogP contribution in [0.2, 0.25) is 0 Å². The number of nitrogens with zero attached hydrogens (tertiary/aromatic N) is 3. The fraction of sp³-hybridized carbons (Fsp3) is 0.562. The minimum Gasteiger partial charge on any atom is -0.444 e. The highest BCUT2D eigenvalue weighted by molar-refractivity contribution is 7.85. The van der Waals surface area contributed by atoms with Gasteiger partial charge in [-0.1, -0.05) is 0 Å². The van der Waals surface area contributed by atoms with Crippen LogP contribution in [-0.2, 0) is 15.5 Å². The van der Waals surface area contributed by atoms with Gasteiger partial charge in [-0.3, -0.25) is 4.21 Å². The minimum absolute atomic E-state index is 0.197. The summed E-state index contributed by atoms with van der Waals surface area (Å²) in [6, 6.07) is 5.14. The van der Waals surface area contributed by atoms with Gasteiger partial charge in [0, 0.05) is 19.3 Å². The molecule has 2 atom stereocenters. The first-order chi connectivity index (χ1) is 10.8. The molecule has 0 aromatic carbocycles. The van der Waals surface area contributed by atoms with Gasteiger partial charge in [-0.25, -0.2) is 9.78 Å². The van der Waals surface area contributed by atoms with Gasteiger partial charge in [0.2, 0.25) is 0 Å². The lowest BCUT2D eigenvalue weighted by Gasteiger charge is -2.33. The van der Waals surface area contributed by atoms with E-state index in [1.165, 1.54) is 6.20 Å². The van der Waals surface area contributed by atoms with Crippen molar-refractivity contribution < 1.29 is 13.7 Å². The molecular formula is C16H21N3O3S. The Balaban J connectivity index is 2.07. The molecule has 0 unspecified atom stereocenters. The van der Waals surface area contributed by atoms with Gasteiger partial charge in [0.05, 0.1) is 27.7 Å². The largest absolute Gasteiger partial charge is 0.444 e. The van der Waals surface area contributed by atoms with Gasteiger partial charge in [-0.2, -0.15) is 5.26 Å². The van der Waals surface area contributed by atoms with E-state index in [4.69, 9.17) is 10.00 Å². The van der Waals surface area contributed by atoms with Crippen molar-refractivity contribution in [3.63, 3.8) is 0 Å². The van der Waals surface area contributed by atoms with Crippen molar-refractivity contribution in [1.29, 1.82) is 5.26 Å². The van der Waals surface area contributed by atoms with E-state index >= 15 is 0 Å². The standard InChI is InChI=1S/C16H21N3O3S/c1-16(2,3)22-15(20)19-8-4-5-13(11-19)23(21)14-9-12(10-17)6-7-18-14/h6-7,9,13H,4-5,8,11H2,1-3H3/t13-,23-/m1/s1. The van der Waals surface area contributed by atoms with Gasteiger partial charge < -0.3 is 9.64 Å². The van der Waals surface area contributed by atoms with Crippen LogP contribution in [0, 0.1) is 11.3 Å². The van der Waals surface area contributed by atoms with Crippen LogP contribution in [0.4, 0.5) is 4.79 Å². The van der Waals surface area contributed by atoms with Crippen LogP contribution in [0.1, 0.15) is 39.2 Å². The van der Waals surface area contributed by atoms with Crippen molar-refractivity contribution in [2.24, 2.45) is 0 Å². The van der Waals surface area contributed by atoms with Crippen LogP contribution >= 0.6 is 0 Å². The molecule has 0 saturated carbocycles. The van der Waals surface area contributed by atoms with E-state index < -0.39 is 16.4 Å². The highest BCUT2D eigenvalue weighted by Gasteiger charge is 2.31. The van der Waals surface area contributed by atoms with Gasteiger partial charge in [0.15, 0.2) is 0 Å². The number of carbonyl (C=O) groups excluding carboxylic acids is 1. The molecule has 23 heavy (non-hydrogen) atoms. The molecule has 2 rings (SSSR count). The Morgan fingerprint density at radius 3 is 2.91 bits per heavy atom. The molecule has 0 spiro atoms. The molecule has 6 nitrogen and oxygen atoms in total. The highest BCUT2D eigenvalue weighted by atomic mass is 32.2. The Morgan fingerprint density at radius 1 is 1.52 bits per heavy atom. The van der Waals surface area contributed by atoms with Gasteiger partial charge in [-0.05, 0) is 45.7 Å². The second-order valence-electron chi connectivity index (χ2n) is 6.48. The molecule has 0 bridgehead atoms. The fourth-order valence-electron chi connectivity index (χ4n) is 2.37.